The van der Waals surface area contributed by atoms with E-state index in [1.165, 1.54) is 4.57 Å². The van der Waals surface area contributed by atoms with Crippen LogP contribution in [0.2, 0.25) is 0 Å². The van der Waals surface area contributed by atoms with Gasteiger partial charge in [-0.1, -0.05) is 23.5 Å². The zero-order valence-corrected chi connectivity index (χ0v) is 16.3. The fraction of sp³-hybridized carbons (Fsp3) is 0.333. The summed E-state index contributed by atoms with van der Waals surface area (Å²) in [7, 11) is 0. The maximum atomic E-state index is 12.1. The highest BCUT2D eigenvalue weighted by molar-refractivity contribution is 7.07. The molecule has 0 aliphatic carbocycles. The zero-order valence-electron chi connectivity index (χ0n) is 15.5. The third-order valence-electron chi connectivity index (χ3n) is 4.01. The molecule has 2 aromatic rings. The molecule has 2 amide bonds. The number of ether oxygens (including phenoxy) is 3. The van der Waals surface area contributed by atoms with Crippen molar-refractivity contribution >= 4 is 29.1 Å². The van der Waals surface area contributed by atoms with E-state index in [0.29, 0.717) is 11.5 Å². The highest BCUT2D eigenvalue weighted by Crippen LogP contribution is 2.30. The molecule has 1 atom stereocenters. The number of nitrogens with zero attached hydrogens (tertiary/aromatic N) is 1. The number of aryl methyl sites for hydroxylation is 1. The quantitative estimate of drug-likeness (QED) is 0.502. The molecule has 0 saturated carbocycles. The van der Waals surface area contributed by atoms with Crippen LogP contribution in [0.3, 0.4) is 0 Å². The van der Waals surface area contributed by atoms with Crippen molar-refractivity contribution in [2.75, 3.05) is 13.2 Å². The number of thiazole rings is 1. The standard InChI is InChI=1S/C18H19N3O7S/c1-11-10-29-18(25)21(11)7-6-16(23)27-9-15(22)19-20-17(24)14-8-26-12-4-2-3-5-13(12)28-14/h2-5,10,14H,6-9H2,1H3,(H,19,22)(H,20,24). The lowest BCUT2D eigenvalue weighted by molar-refractivity contribution is -0.149. The minimum absolute atomic E-state index is 0.00489. The van der Waals surface area contributed by atoms with Gasteiger partial charge in [-0.25, -0.2) is 0 Å². The van der Waals surface area contributed by atoms with Crippen LogP contribution in [-0.4, -0.2) is 41.7 Å². The maximum absolute atomic E-state index is 12.1. The smallest absolute Gasteiger partial charge is 0.308 e. The average molecular weight is 421 g/mol. The maximum Gasteiger partial charge on any atom is 0.308 e. The lowest BCUT2D eigenvalue weighted by atomic mass is 10.2. The van der Waals surface area contributed by atoms with Crippen molar-refractivity contribution < 1.29 is 28.6 Å². The first-order chi connectivity index (χ1) is 13.9. The van der Waals surface area contributed by atoms with E-state index < -0.39 is 30.5 Å². The van der Waals surface area contributed by atoms with Crippen LogP contribution in [0.4, 0.5) is 0 Å². The Morgan fingerprint density at radius 2 is 2.00 bits per heavy atom. The van der Waals surface area contributed by atoms with Crippen molar-refractivity contribution in [1.29, 1.82) is 0 Å². The molecule has 1 aliphatic rings. The van der Waals surface area contributed by atoms with Gasteiger partial charge in [0.25, 0.3) is 11.8 Å². The molecule has 0 fully saturated rings. The molecule has 0 spiro atoms. The van der Waals surface area contributed by atoms with Gasteiger partial charge in [0, 0.05) is 17.6 Å². The average Bonchev–Trinajstić information content (AvgIpc) is 3.05. The van der Waals surface area contributed by atoms with Gasteiger partial charge in [0.05, 0.1) is 6.42 Å². The summed E-state index contributed by atoms with van der Waals surface area (Å²) in [5, 5.41) is 1.70. The summed E-state index contributed by atoms with van der Waals surface area (Å²) in [5.74, 6) is -0.990. The van der Waals surface area contributed by atoms with Gasteiger partial charge < -0.3 is 18.8 Å². The molecular formula is C18H19N3O7S. The third kappa shape index (κ3) is 5.35. The van der Waals surface area contributed by atoms with Gasteiger partial charge in [0.2, 0.25) is 6.10 Å². The van der Waals surface area contributed by atoms with E-state index in [0.717, 1.165) is 17.0 Å². The number of fused-ring (bicyclic) bond motifs is 1. The minimum atomic E-state index is -0.931. The molecule has 2 heterocycles. The largest absolute Gasteiger partial charge is 0.485 e. The van der Waals surface area contributed by atoms with Crippen LogP contribution in [0.5, 0.6) is 11.5 Å². The Kier molecular flexibility index (Phi) is 6.50. The normalized spacial score (nSPS) is 14.7. The van der Waals surface area contributed by atoms with Gasteiger partial charge in [0.1, 0.15) is 6.61 Å². The van der Waals surface area contributed by atoms with Crippen molar-refractivity contribution in [2.24, 2.45) is 0 Å². The van der Waals surface area contributed by atoms with E-state index in [1.54, 1.807) is 36.6 Å². The van der Waals surface area contributed by atoms with Crippen LogP contribution in [0.25, 0.3) is 0 Å². The van der Waals surface area contributed by atoms with Gasteiger partial charge in [-0.15, -0.1) is 0 Å². The predicted molar refractivity (Wildman–Crippen MR) is 102 cm³/mol. The van der Waals surface area contributed by atoms with E-state index in [2.05, 4.69) is 10.9 Å². The SMILES string of the molecule is Cc1csc(=O)n1CCC(=O)OCC(=O)NNC(=O)C1COc2ccccc2O1. The molecule has 10 nitrogen and oxygen atoms in total. The molecule has 3 rings (SSSR count). The number of hydrazine groups is 1. The summed E-state index contributed by atoms with van der Waals surface area (Å²) >= 11 is 1.05. The Morgan fingerprint density at radius 3 is 2.72 bits per heavy atom. The summed E-state index contributed by atoms with van der Waals surface area (Å²) in [6, 6.07) is 6.91. The molecule has 1 aliphatic heterocycles. The van der Waals surface area contributed by atoms with E-state index in [4.69, 9.17) is 14.2 Å². The Morgan fingerprint density at radius 1 is 1.24 bits per heavy atom. The van der Waals surface area contributed by atoms with Crippen LogP contribution < -0.4 is 25.2 Å². The van der Waals surface area contributed by atoms with Crippen molar-refractivity contribution in [3.8, 4) is 11.5 Å². The highest BCUT2D eigenvalue weighted by atomic mass is 32.1. The number of esters is 1. The number of aromatic nitrogens is 1. The predicted octanol–water partition coefficient (Wildman–Crippen LogP) is 0.139. The number of para-hydroxylation sites is 2. The fourth-order valence-electron chi connectivity index (χ4n) is 2.49. The van der Waals surface area contributed by atoms with E-state index >= 15 is 0 Å². The Hall–Kier alpha value is -3.34. The lowest BCUT2D eigenvalue weighted by Gasteiger charge is -2.25. The Balaban J connectivity index is 1.36. The van der Waals surface area contributed by atoms with Crippen LogP contribution in [0.15, 0.2) is 34.4 Å². The molecule has 1 aromatic carbocycles. The molecule has 11 heteroatoms. The van der Waals surface area contributed by atoms with Crippen LogP contribution >= 0.6 is 11.3 Å². The molecule has 29 heavy (non-hydrogen) atoms. The second-order valence-corrected chi connectivity index (χ2v) is 6.93. The Labute approximate surface area is 169 Å². The first-order valence-corrected chi connectivity index (χ1v) is 9.59. The fourth-order valence-corrected chi connectivity index (χ4v) is 3.25. The third-order valence-corrected chi connectivity index (χ3v) is 4.89. The summed E-state index contributed by atoms with van der Waals surface area (Å²) in [6.45, 7) is 1.36. The van der Waals surface area contributed by atoms with Crippen molar-refractivity contribution in [1.82, 2.24) is 15.4 Å². The number of hydrogen-bond donors (Lipinski definition) is 2. The minimum Gasteiger partial charge on any atom is -0.485 e. The molecule has 1 unspecified atom stereocenters. The summed E-state index contributed by atoms with van der Waals surface area (Å²) in [4.78, 5) is 47.0. The molecule has 1 aromatic heterocycles. The van der Waals surface area contributed by atoms with Crippen LogP contribution in [0.1, 0.15) is 12.1 Å². The summed E-state index contributed by atoms with van der Waals surface area (Å²) in [6.07, 6.45) is -0.982. The van der Waals surface area contributed by atoms with Gasteiger partial charge in [-0.3, -0.25) is 30.0 Å². The molecule has 2 N–H and O–H groups in total. The number of carbonyl (C=O) groups excluding carboxylic acids is 3. The molecule has 154 valence electrons. The zero-order chi connectivity index (χ0) is 20.8. The number of amides is 2. The van der Waals surface area contributed by atoms with Gasteiger partial charge in [0.15, 0.2) is 18.1 Å². The highest BCUT2D eigenvalue weighted by Gasteiger charge is 2.27. The van der Waals surface area contributed by atoms with E-state index in [9.17, 15) is 19.2 Å². The second-order valence-electron chi connectivity index (χ2n) is 6.11. The lowest BCUT2D eigenvalue weighted by Crippen LogP contribution is -2.51. The number of nitrogens with one attached hydrogen (secondary N) is 2. The Bertz CT molecular complexity index is 968. The van der Waals surface area contributed by atoms with E-state index in [-0.39, 0.29) is 24.4 Å². The topological polar surface area (TPSA) is 125 Å². The van der Waals surface area contributed by atoms with Crippen molar-refractivity contribution in [3.05, 3.63) is 45.0 Å². The first kappa shape index (κ1) is 20.4. The number of rotatable bonds is 6. The molecule has 0 saturated heterocycles. The molecule has 0 radical (unpaired) electrons. The summed E-state index contributed by atoms with van der Waals surface area (Å²) in [5.41, 5.74) is 5.09. The number of hydrogen-bond acceptors (Lipinski definition) is 8. The first-order valence-electron chi connectivity index (χ1n) is 8.72. The van der Waals surface area contributed by atoms with Crippen molar-refractivity contribution in [2.45, 2.75) is 26.0 Å². The second kappa shape index (κ2) is 9.24. The van der Waals surface area contributed by atoms with Crippen LogP contribution in [-0.2, 0) is 25.7 Å². The van der Waals surface area contributed by atoms with Gasteiger partial charge >= 0.3 is 10.8 Å². The van der Waals surface area contributed by atoms with E-state index in [1.807, 2.05) is 0 Å². The summed E-state index contributed by atoms with van der Waals surface area (Å²) < 4.78 is 17.2. The molecular weight excluding hydrogens is 402 g/mol. The van der Waals surface area contributed by atoms with Gasteiger partial charge in [-0.05, 0) is 19.1 Å². The van der Waals surface area contributed by atoms with Gasteiger partial charge in [-0.2, -0.15) is 0 Å². The van der Waals surface area contributed by atoms with Crippen molar-refractivity contribution in [3.63, 3.8) is 0 Å². The van der Waals surface area contributed by atoms with Crippen LogP contribution in [0, 0.1) is 6.92 Å². The number of carbonyl (C=O) groups is 3. The number of benzene rings is 1. The monoisotopic (exact) mass is 421 g/mol. The molecule has 0 bridgehead atoms.